The molecular weight excluding hydrogens is 334 g/mol. The highest BCUT2D eigenvalue weighted by Gasteiger charge is 2.21. The van der Waals surface area contributed by atoms with Gasteiger partial charge in [-0.15, -0.1) is 11.3 Å². The highest BCUT2D eigenvalue weighted by Crippen LogP contribution is 2.34. The number of hydrogen-bond acceptors (Lipinski definition) is 3. The molecular formula is C9H13BrClNO2S2. The van der Waals surface area contributed by atoms with Crippen LogP contribution >= 0.6 is 38.9 Å². The maximum Gasteiger partial charge on any atom is 0.250 e. The van der Waals surface area contributed by atoms with Crippen LogP contribution in [0, 0.1) is 0 Å². The number of sulfonamides is 1. The van der Waals surface area contributed by atoms with E-state index in [0.29, 0.717) is 8.81 Å². The SMILES string of the molecule is CCC(CC)NS(=O)(=O)c1cc(Cl)c(Br)s1. The summed E-state index contributed by atoms with van der Waals surface area (Å²) in [6.07, 6.45) is 1.55. The zero-order valence-corrected chi connectivity index (χ0v) is 12.9. The molecule has 92 valence electrons. The van der Waals surface area contributed by atoms with Crippen LogP contribution in [0.1, 0.15) is 26.7 Å². The molecule has 0 bridgehead atoms. The van der Waals surface area contributed by atoms with Crippen molar-refractivity contribution in [3.8, 4) is 0 Å². The van der Waals surface area contributed by atoms with Crippen LogP contribution in [0.5, 0.6) is 0 Å². The number of hydrogen-bond donors (Lipinski definition) is 1. The molecule has 1 heterocycles. The summed E-state index contributed by atoms with van der Waals surface area (Å²) in [6, 6.07) is 1.44. The predicted molar refractivity (Wildman–Crippen MR) is 71.7 cm³/mol. The fraction of sp³-hybridized carbons (Fsp3) is 0.556. The van der Waals surface area contributed by atoms with E-state index in [4.69, 9.17) is 11.6 Å². The minimum absolute atomic E-state index is 0.0235. The molecule has 16 heavy (non-hydrogen) atoms. The second-order valence-corrected chi connectivity index (χ2v) is 8.04. The largest absolute Gasteiger partial charge is 0.250 e. The lowest BCUT2D eigenvalue weighted by Crippen LogP contribution is -2.33. The Bertz CT molecular complexity index is 435. The van der Waals surface area contributed by atoms with Crippen molar-refractivity contribution < 1.29 is 8.42 Å². The zero-order valence-electron chi connectivity index (χ0n) is 8.96. The zero-order chi connectivity index (χ0) is 12.3. The van der Waals surface area contributed by atoms with E-state index in [2.05, 4.69) is 20.7 Å². The van der Waals surface area contributed by atoms with E-state index in [-0.39, 0.29) is 10.3 Å². The summed E-state index contributed by atoms with van der Waals surface area (Å²) in [4.78, 5) is 0. The number of halogens is 2. The van der Waals surface area contributed by atoms with E-state index < -0.39 is 10.0 Å². The number of rotatable bonds is 5. The first kappa shape index (κ1) is 14.4. The summed E-state index contributed by atoms with van der Waals surface area (Å²) >= 11 is 10.1. The topological polar surface area (TPSA) is 46.2 Å². The molecule has 7 heteroatoms. The van der Waals surface area contributed by atoms with Crippen LogP contribution in [0.2, 0.25) is 5.02 Å². The molecule has 1 rings (SSSR count). The monoisotopic (exact) mass is 345 g/mol. The van der Waals surface area contributed by atoms with E-state index in [9.17, 15) is 8.42 Å². The molecule has 0 atom stereocenters. The van der Waals surface area contributed by atoms with Gasteiger partial charge in [0.2, 0.25) is 10.0 Å². The van der Waals surface area contributed by atoms with Crippen molar-refractivity contribution >= 4 is 48.9 Å². The standard InChI is InChI=1S/C9H13BrClNO2S2/c1-3-6(4-2)12-16(13,14)8-5-7(11)9(10)15-8/h5-6,12H,3-4H2,1-2H3. The first-order valence-electron chi connectivity index (χ1n) is 4.87. The lowest BCUT2D eigenvalue weighted by atomic mass is 10.2. The molecule has 0 fully saturated rings. The van der Waals surface area contributed by atoms with Crippen LogP contribution in [0.15, 0.2) is 14.1 Å². The average molecular weight is 347 g/mol. The molecule has 0 radical (unpaired) electrons. The van der Waals surface area contributed by atoms with Gasteiger partial charge in [0.15, 0.2) is 0 Å². The lowest BCUT2D eigenvalue weighted by molar-refractivity contribution is 0.531. The van der Waals surface area contributed by atoms with Crippen molar-refractivity contribution in [2.45, 2.75) is 36.9 Å². The Balaban J connectivity index is 2.94. The summed E-state index contributed by atoms with van der Waals surface area (Å²) < 4.78 is 27.4. The van der Waals surface area contributed by atoms with Gasteiger partial charge in [-0.25, -0.2) is 13.1 Å². The van der Waals surface area contributed by atoms with E-state index in [1.54, 1.807) is 0 Å². The third-order valence-corrected chi connectivity index (χ3v) is 6.66. The van der Waals surface area contributed by atoms with Gasteiger partial charge in [-0.1, -0.05) is 25.4 Å². The van der Waals surface area contributed by atoms with Gasteiger partial charge in [0.25, 0.3) is 0 Å². The van der Waals surface area contributed by atoms with Gasteiger partial charge in [-0.2, -0.15) is 0 Å². The second-order valence-electron chi connectivity index (χ2n) is 3.32. The summed E-state index contributed by atoms with van der Waals surface area (Å²) in [5.41, 5.74) is 0. The molecule has 0 amide bonds. The smallest absolute Gasteiger partial charge is 0.207 e. The lowest BCUT2D eigenvalue weighted by Gasteiger charge is -2.13. The molecule has 0 aliphatic heterocycles. The molecule has 0 saturated carbocycles. The van der Waals surface area contributed by atoms with Crippen LogP contribution in [0.3, 0.4) is 0 Å². The number of thiophene rings is 1. The Morgan fingerprint density at radius 1 is 1.50 bits per heavy atom. The van der Waals surface area contributed by atoms with Crippen LogP contribution < -0.4 is 4.72 Å². The second kappa shape index (κ2) is 5.82. The maximum absolute atomic E-state index is 11.9. The van der Waals surface area contributed by atoms with Gasteiger partial charge in [0.05, 0.1) is 8.81 Å². The summed E-state index contributed by atoms with van der Waals surface area (Å²) in [7, 11) is -3.43. The predicted octanol–water partition coefficient (Wildman–Crippen LogP) is 3.63. The van der Waals surface area contributed by atoms with E-state index >= 15 is 0 Å². The molecule has 0 unspecified atom stereocenters. The quantitative estimate of drug-likeness (QED) is 0.885. The third-order valence-electron chi connectivity index (χ3n) is 2.19. The van der Waals surface area contributed by atoms with Crippen LogP contribution in [-0.2, 0) is 10.0 Å². The molecule has 3 nitrogen and oxygen atoms in total. The molecule has 1 aromatic rings. The highest BCUT2D eigenvalue weighted by molar-refractivity contribution is 9.11. The van der Waals surface area contributed by atoms with Crippen molar-refractivity contribution in [1.29, 1.82) is 0 Å². The minimum atomic E-state index is -3.43. The Hall–Kier alpha value is 0.380. The number of nitrogens with one attached hydrogen (secondary N) is 1. The minimum Gasteiger partial charge on any atom is -0.207 e. The van der Waals surface area contributed by atoms with Gasteiger partial charge >= 0.3 is 0 Å². The van der Waals surface area contributed by atoms with Gasteiger partial charge in [0, 0.05) is 6.04 Å². The molecule has 0 aromatic carbocycles. The van der Waals surface area contributed by atoms with E-state index in [0.717, 1.165) is 24.2 Å². The van der Waals surface area contributed by atoms with Gasteiger partial charge in [-0.3, -0.25) is 0 Å². The van der Waals surface area contributed by atoms with Crippen molar-refractivity contribution in [2.24, 2.45) is 0 Å². The van der Waals surface area contributed by atoms with Crippen molar-refractivity contribution in [1.82, 2.24) is 4.72 Å². The first-order chi connectivity index (χ1) is 7.40. The van der Waals surface area contributed by atoms with Crippen molar-refractivity contribution in [3.05, 3.63) is 14.9 Å². The van der Waals surface area contributed by atoms with Gasteiger partial charge in [-0.05, 0) is 34.8 Å². The van der Waals surface area contributed by atoms with Crippen LogP contribution in [0.25, 0.3) is 0 Å². The summed E-state index contributed by atoms with van der Waals surface area (Å²) in [5, 5.41) is 0.426. The summed E-state index contributed by atoms with van der Waals surface area (Å²) in [6.45, 7) is 3.90. The Labute approximate surface area is 113 Å². The fourth-order valence-electron chi connectivity index (χ4n) is 1.19. The first-order valence-corrected chi connectivity index (χ1v) is 8.35. The Kier molecular flexibility index (Phi) is 5.25. The van der Waals surface area contributed by atoms with Gasteiger partial charge < -0.3 is 0 Å². The van der Waals surface area contributed by atoms with Gasteiger partial charge in [0.1, 0.15) is 4.21 Å². The van der Waals surface area contributed by atoms with Crippen molar-refractivity contribution in [2.75, 3.05) is 0 Å². The van der Waals surface area contributed by atoms with Crippen molar-refractivity contribution in [3.63, 3.8) is 0 Å². The fourth-order valence-corrected chi connectivity index (χ4v) is 5.01. The Morgan fingerprint density at radius 2 is 2.06 bits per heavy atom. The van der Waals surface area contributed by atoms with Crippen LogP contribution in [-0.4, -0.2) is 14.5 Å². The molecule has 0 aliphatic carbocycles. The third kappa shape index (κ3) is 3.43. The van der Waals surface area contributed by atoms with E-state index in [1.165, 1.54) is 6.07 Å². The molecule has 0 aliphatic rings. The normalized spacial score (nSPS) is 12.3. The molecule has 1 N–H and O–H groups in total. The Morgan fingerprint density at radius 3 is 2.44 bits per heavy atom. The maximum atomic E-state index is 11.9. The van der Waals surface area contributed by atoms with Crippen LogP contribution in [0.4, 0.5) is 0 Å². The summed E-state index contributed by atoms with van der Waals surface area (Å²) in [5.74, 6) is 0. The average Bonchev–Trinajstić information content (AvgIpc) is 2.56. The van der Waals surface area contributed by atoms with E-state index in [1.807, 2.05) is 13.8 Å². The molecule has 1 aromatic heterocycles. The molecule has 0 spiro atoms. The highest BCUT2D eigenvalue weighted by atomic mass is 79.9. The molecule has 0 saturated heterocycles.